The van der Waals surface area contributed by atoms with Crippen molar-refractivity contribution in [1.82, 2.24) is 19.7 Å². The average Bonchev–Trinajstić information content (AvgIpc) is 3.01. The van der Waals surface area contributed by atoms with Crippen molar-refractivity contribution in [2.24, 2.45) is 5.73 Å². The lowest BCUT2D eigenvalue weighted by Gasteiger charge is -2.12. The van der Waals surface area contributed by atoms with Crippen molar-refractivity contribution < 1.29 is 9.53 Å². The highest BCUT2D eigenvalue weighted by Crippen LogP contribution is 2.33. The monoisotopic (exact) mass is 406 g/mol. The van der Waals surface area contributed by atoms with E-state index in [0.717, 1.165) is 53.8 Å². The number of aromatic nitrogens is 4. The molecule has 30 heavy (non-hydrogen) atoms. The number of nitrogens with one attached hydrogen (secondary N) is 1. The van der Waals surface area contributed by atoms with Gasteiger partial charge in [-0.15, -0.1) is 0 Å². The highest BCUT2D eigenvalue weighted by atomic mass is 16.5. The maximum absolute atomic E-state index is 12.0. The number of benzene rings is 1. The van der Waals surface area contributed by atoms with Crippen LogP contribution in [0.4, 0.5) is 5.95 Å². The van der Waals surface area contributed by atoms with Gasteiger partial charge in [0.2, 0.25) is 5.95 Å². The van der Waals surface area contributed by atoms with Crippen LogP contribution in [0.5, 0.6) is 0 Å². The van der Waals surface area contributed by atoms with Crippen molar-refractivity contribution >= 4 is 11.9 Å². The molecule has 3 aromatic rings. The zero-order chi connectivity index (χ0) is 20.9. The van der Waals surface area contributed by atoms with Crippen LogP contribution in [0.1, 0.15) is 40.0 Å². The Bertz CT molecular complexity index is 1030. The Hall–Kier alpha value is -3.26. The number of carbonyl (C=O) groups is 1. The maximum atomic E-state index is 12.0. The summed E-state index contributed by atoms with van der Waals surface area (Å²) < 4.78 is 7.03. The third-order valence-corrected chi connectivity index (χ3v) is 5.26. The molecule has 1 amide bonds. The first-order valence-corrected chi connectivity index (χ1v) is 10.2. The number of anilines is 1. The summed E-state index contributed by atoms with van der Waals surface area (Å²) in [4.78, 5) is 21.4. The molecular formula is C22H26N6O2. The van der Waals surface area contributed by atoms with E-state index >= 15 is 0 Å². The Morgan fingerprint density at radius 1 is 1.27 bits per heavy atom. The smallest absolute Gasteiger partial charge is 0.269 e. The molecule has 0 spiro atoms. The molecular weight excluding hydrogens is 380 g/mol. The van der Waals surface area contributed by atoms with Crippen LogP contribution in [0.25, 0.3) is 11.4 Å². The third-order valence-electron chi connectivity index (χ3n) is 5.26. The molecule has 0 saturated heterocycles. The summed E-state index contributed by atoms with van der Waals surface area (Å²) in [6.07, 6.45) is 5.13. The molecule has 156 valence electrons. The summed E-state index contributed by atoms with van der Waals surface area (Å²) in [5.74, 6) is 0.0485. The highest BCUT2D eigenvalue weighted by molar-refractivity contribution is 5.94. The quantitative estimate of drug-likeness (QED) is 0.557. The van der Waals surface area contributed by atoms with Crippen molar-refractivity contribution in [2.45, 2.75) is 38.8 Å². The fourth-order valence-corrected chi connectivity index (χ4v) is 3.83. The van der Waals surface area contributed by atoms with E-state index in [0.29, 0.717) is 31.3 Å². The van der Waals surface area contributed by atoms with E-state index in [4.69, 9.17) is 15.5 Å². The van der Waals surface area contributed by atoms with Gasteiger partial charge in [0.05, 0.1) is 11.4 Å². The Morgan fingerprint density at radius 2 is 2.10 bits per heavy atom. The molecule has 0 fully saturated rings. The van der Waals surface area contributed by atoms with Gasteiger partial charge in [-0.05, 0) is 36.8 Å². The second-order valence-electron chi connectivity index (χ2n) is 7.37. The Morgan fingerprint density at radius 3 is 2.87 bits per heavy atom. The van der Waals surface area contributed by atoms with Gasteiger partial charge < -0.3 is 15.8 Å². The molecule has 1 aliphatic rings. The first-order valence-electron chi connectivity index (χ1n) is 10.2. The number of carbonyl (C=O) groups excluding carboxylic acids is 1. The van der Waals surface area contributed by atoms with E-state index in [1.54, 1.807) is 7.11 Å². The number of rotatable bonds is 8. The second kappa shape index (κ2) is 9.04. The minimum absolute atomic E-state index is 0.340. The number of fused-ring (bicyclic) bond motifs is 3. The van der Waals surface area contributed by atoms with Crippen molar-refractivity contribution in [3.63, 3.8) is 0 Å². The van der Waals surface area contributed by atoms with Crippen molar-refractivity contribution in [1.29, 1.82) is 0 Å². The molecule has 0 saturated carbocycles. The van der Waals surface area contributed by atoms with Crippen molar-refractivity contribution in [3.8, 4) is 11.4 Å². The highest BCUT2D eigenvalue weighted by Gasteiger charge is 2.27. The number of nitrogens with two attached hydrogens (primary N) is 1. The molecule has 0 bridgehead atoms. The van der Waals surface area contributed by atoms with Crippen LogP contribution in [0.15, 0.2) is 36.5 Å². The van der Waals surface area contributed by atoms with Gasteiger partial charge in [0.25, 0.3) is 5.91 Å². The van der Waals surface area contributed by atoms with Gasteiger partial charge in [-0.3, -0.25) is 9.48 Å². The minimum Gasteiger partial charge on any atom is -0.385 e. The SMILES string of the molecule is COCCCn1nc(C(N)=O)c2c1-c1nc(NCc3ccccc3)ncc1CCC2. The first-order chi connectivity index (χ1) is 14.7. The van der Waals surface area contributed by atoms with E-state index in [-0.39, 0.29) is 0 Å². The molecule has 0 unspecified atom stereocenters. The molecule has 3 N–H and O–H groups in total. The van der Waals surface area contributed by atoms with Gasteiger partial charge in [-0.1, -0.05) is 30.3 Å². The van der Waals surface area contributed by atoms with Gasteiger partial charge in [0, 0.05) is 38.6 Å². The summed E-state index contributed by atoms with van der Waals surface area (Å²) in [6, 6.07) is 10.1. The number of amides is 1. The van der Waals surface area contributed by atoms with E-state index in [1.165, 1.54) is 0 Å². The summed E-state index contributed by atoms with van der Waals surface area (Å²) in [6.45, 7) is 1.87. The van der Waals surface area contributed by atoms with E-state index in [1.807, 2.05) is 29.1 Å². The lowest BCUT2D eigenvalue weighted by Crippen LogP contribution is -2.14. The predicted molar refractivity (Wildman–Crippen MR) is 114 cm³/mol. The summed E-state index contributed by atoms with van der Waals surface area (Å²) >= 11 is 0. The Labute approximate surface area is 175 Å². The number of ether oxygens (including phenoxy) is 1. The van der Waals surface area contributed by atoms with Gasteiger partial charge in [0.15, 0.2) is 5.69 Å². The van der Waals surface area contributed by atoms with Crippen LogP contribution in [-0.4, -0.2) is 39.4 Å². The van der Waals surface area contributed by atoms with Gasteiger partial charge in [-0.2, -0.15) is 5.10 Å². The van der Waals surface area contributed by atoms with Crippen LogP contribution in [0.2, 0.25) is 0 Å². The Kier molecular flexibility index (Phi) is 6.04. The van der Waals surface area contributed by atoms with E-state index in [9.17, 15) is 4.79 Å². The fraction of sp³-hybridized carbons (Fsp3) is 0.364. The van der Waals surface area contributed by atoms with Crippen LogP contribution in [-0.2, 0) is 30.7 Å². The molecule has 0 aliphatic heterocycles. The van der Waals surface area contributed by atoms with Crippen molar-refractivity contribution in [2.75, 3.05) is 19.0 Å². The van der Waals surface area contributed by atoms with Crippen LogP contribution in [0.3, 0.4) is 0 Å². The number of primary amides is 1. The number of hydrogen-bond acceptors (Lipinski definition) is 6. The summed E-state index contributed by atoms with van der Waals surface area (Å²) in [5, 5.41) is 7.83. The van der Waals surface area contributed by atoms with Crippen LogP contribution in [0, 0.1) is 0 Å². The molecule has 1 aliphatic carbocycles. The number of hydrogen-bond donors (Lipinski definition) is 2. The lowest BCUT2D eigenvalue weighted by molar-refractivity contribution is 0.0993. The van der Waals surface area contributed by atoms with Gasteiger partial charge in [0.1, 0.15) is 0 Å². The predicted octanol–water partition coefficient (Wildman–Crippen LogP) is 2.58. The zero-order valence-electron chi connectivity index (χ0n) is 17.1. The second-order valence-corrected chi connectivity index (χ2v) is 7.37. The standard InChI is InChI=1S/C22H26N6O2/c1-30-12-6-11-28-20-17(19(27-28)21(23)29)10-5-9-16-14-25-22(26-18(16)20)24-13-15-7-3-2-4-8-15/h2-4,7-8,14H,5-6,9-13H2,1H3,(H2,23,29)(H,24,25,26). The minimum atomic E-state index is -0.503. The van der Waals surface area contributed by atoms with Crippen LogP contribution >= 0.6 is 0 Å². The molecule has 0 atom stereocenters. The number of nitrogens with zero attached hydrogens (tertiary/aromatic N) is 4. The Balaban J connectivity index is 1.71. The molecule has 1 aromatic carbocycles. The maximum Gasteiger partial charge on any atom is 0.269 e. The summed E-state index contributed by atoms with van der Waals surface area (Å²) in [5.41, 5.74) is 10.8. The first kappa shape index (κ1) is 20.0. The molecule has 0 radical (unpaired) electrons. The van der Waals surface area contributed by atoms with E-state index < -0.39 is 5.91 Å². The number of aryl methyl sites for hydroxylation is 2. The number of methoxy groups -OCH3 is 1. The van der Waals surface area contributed by atoms with Gasteiger partial charge >= 0.3 is 0 Å². The molecule has 2 aromatic heterocycles. The third kappa shape index (κ3) is 4.18. The fourth-order valence-electron chi connectivity index (χ4n) is 3.83. The van der Waals surface area contributed by atoms with Crippen molar-refractivity contribution in [3.05, 3.63) is 58.9 Å². The molecule has 4 rings (SSSR count). The van der Waals surface area contributed by atoms with Gasteiger partial charge in [-0.25, -0.2) is 9.97 Å². The normalized spacial score (nSPS) is 12.7. The average molecular weight is 406 g/mol. The largest absolute Gasteiger partial charge is 0.385 e. The van der Waals surface area contributed by atoms with Crippen LogP contribution < -0.4 is 11.1 Å². The molecule has 8 nitrogen and oxygen atoms in total. The van der Waals surface area contributed by atoms with E-state index in [2.05, 4.69) is 27.5 Å². The summed E-state index contributed by atoms with van der Waals surface area (Å²) in [7, 11) is 1.67. The molecule has 8 heteroatoms. The zero-order valence-corrected chi connectivity index (χ0v) is 17.1. The molecule has 2 heterocycles. The topological polar surface area (TPSA) is 108 Å². The lowest BCUT2D eigenvalue weighted by atomic mass is 10.1.